The Morgan fingerprint density at radius 1 is 1.19 bits per heavy atom. The Bertz CT molecular complexity index is 979. The van der Waals surface area contributed by atoms with E-state index in [-0.39, 0.29) is 11.6 Å². The Morgan fingerprint density at radius 2 is 1.96 bits per heavy atom. The molecule has 1 heterocycles. The summed E-state index contributed by atoms with van der Waals surface area (Å²) >= 11 is 0. The van der Waals surface area contributed by atoms with Crippen LogP contribution in [0.25, 0.3) is 16.6 Å². The largest absolute Gasteiger partial charge is 0.379 e. The molecular weight excluding hydrogens is 326 g/mol. The second-order valence-electron chi connectivity index (χ2n) is 6.72. The molecule has 3 aromatic rings. The van der Waals surface area contributed by atoms with Gasteiger partial charge in [-0.2, -0.15) is 0 Å². The van der Waals surface area contributed by atoms with Crippen LogP contribution in [0.2, 0.25) is 0 Å². The number of aromatic nitrogens is 2. The molecule has 0 unspecified atom stereocenters. The maximum atomic E-state index is 13.3. The van der Waals surface area contributed by atoms with Gasteiger partial charge in [0.15, 0.2) is 5.82 Å². The molecule has 0 bridgehead atoms. The second kappa shape index (κ2) is 7.81. The SMILES string of the molecule is COCC[NH2+][C@@H](C)c1nc2ccccc2c(=O)n1-c1cc(C)ccc1C. The third kappa shape index (κ3) is 3.54. The highest BCUT2D eigenvalue weighted by molar-refractivity contribution is 5.78. The van der Waals surface area contributed by atoms with Crippen LogP contribution in [0.15, 0.2) is 47.3 Å². The number of quaternary nitrogens is 1. The van der Waals surface area contributed by atoms with Crippen LogP contribution in [0.5, 0.6) is 0 Å². The van der Waals surface area contributed by atoms with Gasteiger partial charge in [-0.15, -0.1) is 0 Å². The number of methoxy groups -OCH3 is 1. The lowest BCUT2D eigenvalue weighted by molar-refractivity contribution is -0.695. The molecule has 136 valence electrons. The van der Waals surface area contributed by atoms with Crippen molar-refractivity contribution < 1.29 is 10.1 Å². The molecule has 0 amide bonds. The Labute approximate surface area is 153 Å². The van der Waals surface area contributed by atoms with E-state index in [2.05, 4.69) is 30.4 Å². The van der Waals surface area contributed by atoms with Gasteiger partial charge in [0.2, 0.25) is 0 Å². The van der Waals surface area contributed by atoms with Crippen molar-refractivity contribution in [2.45, 2.75) is 26.8 Å². The van der Waals surface area contributed by atoms with E-state index in [0.29, 0.717) is 12.0 Å². The zero-order valence-electron chi connectivity index (χ0n) is 15.8. The summed E-state index contributed by atoms with van der Waals surface area (Å²) < 4.78 is 6.93. The standard InChI is InChI=1S/C21H25N3O2/c1-14-9-10-15(2)19(13-14)24-20(16(3)22-11-12-26-4)23-18-8-6-5-7-17(18)21(24)25/h5-10,13,16,22H,11-12H2,1-4H3/p+1/t16-/m0/s1. The van der Waals surface area contributed by atoms with Crippen LogP contribution in [-0.4, -0.2) is 29.8 Å². The number of benzene rings is 2. The number of rotatable bonds is 6. The van der Waals surface area contributed by atoms with E-state index in [1.54, 1.807) is 11.7 Å². The highest BCUT2D eigenvalue weighted by atomic mass is 16.5. The molecule has 0 radical (unpaired) electrons. The van der Waals surface area contributed by atoms with E-state index in [1.165, 1.54) is 0 Å². The van der Waals surface area contributed by atoms with Crippen LogP contribution < -0.4 is 10.9 Å². The van der Waals surface area contributed by atoms with E-state index in [1.807, 2.05) is 38.1 Å². The van der Waals surface area contributed by atoms with Gasteiger partial charge in [-0.3, -0.25) is 9.36 Å². The second-order valence-corrected chi connectivity index (χ2v) is 6.72. The van der Waals surface area contributed by atoms with Crippen molar-refractivity contribution >= 4 is 10.9 Å². The molecule has 0 fully saturated rings. The van der Waals surface area contributed by atoms with Gasteiger partial charge in [0, 0.05) is 7.11 Å². The molecule has 0 aliphatic rings. The number of hydrogen-bond acceptors (Lipinski definition) is 3. The summed E-state index contributed by atoms with van der Waals surface area (Å²) in [5, 5.41) is 2.79. The minimum absolute atomic E-state index is 0.0220. The summed E-state index contributed by atoms with van der Waals surface area (Å²) in [5.41, 5.74) is 3.79. The van der Waals surface area contributed by atoms with Crippen LogP contribution >= 0.6 is 0 Å². The molecule has 0 spiro atoms. The Morgan fingerprint density at radius 3 is 2.73 bits per heavy atom. The first-order valence-corrected chi connectivity index (χ1v) is 8.94. The number of fused-ring (bicyclic) bond motifs is 1. The molecule has 0 saturated heterocycles. The fourth-order valence-corrected chi connectivity index (χ4v) is 3.19. The fourth-order valence-electron chi connectivity index (χ4n) is 3.19. The van der Waals surface area contributed by atoms with Crippen LogP contribution in [0.4, 0.5) is 0 Å². The zero-order valence-corrected chi connectivity index (χ0v) is 15.8. The lowest BCUT2D eigenvalue weighted by atomic mass is 10.1. The minimum Gasteiger partial charge on any atom is -0.379 e. The highest BCUT2D eigenvalue weighted by Crippen LogP contribution is 2.20. The van der Waals surface area contributed by atoms with Gasteiger partial charge in [-0.1, -0.05) is 24.3 Å². The fraction of sp³-hybridized carbons (Fsp3) is 0.333. The van der Waals surface area contributed by atoms with Crippen molar-refractivity contribution in [3.63, 3.8) is 0 Å². The summed E-state index contributed by atoms with van der Waals surface area (Å²) in [6.45, 7) is 7.61. The van der Waals surface area contributed by atoms with Crippen molar-refractivity contribution in [1.82, 2.24) is 9.55 Å². The zero-order chi connectivity index (χ0) is 18.7. The predicted octanol–water partition coefficient (Wildman–Crippen LogP) is 2.27. The molecular formula is C21H26N3O2+. The Hall–Kier alpha value is -2.50. The topological polar surface area (TPSA) is 60.7 Å². The molecule has 5 heteroatoms. The normalized spacial score (nSPS) is 12.5. The summed E-state index contributed by atoms with van der Waals surface area (Å²) in [7, 11) is 1.69. The third-order valence-corrected chi connectivity index (χ3v) is 4.66. The number of ether oxygens (including phenoxy) is 1. The number of aryl methyl sites for hydroxylation is 2. The monoisotopic (exact) mass is 352 g/mol. The van der Waals surface area contributed by atoms with E-state index in [4.69, 9.17) is 9.72 Å². The van der Waals surface area contributed by atoms with Crippen molar-refractivity contribution in [3.05, 3.63) is 69.8 Å². The van der Waals surface area contributed by atoms with Gasteiger partial charge in [0.05, 0.1) is 29.7 Å². The molecule has 2 N–H and O–H groups in total. The van der Waals surface area contributed by atoms with Crippen molar-refractivity contribution in [2.24, 2.45) is 0 Å². The van der Waals surface area contributed by atoms with E-state index in [9.17, 15) is 4.79 Å². The molecule has 2 aromatic carbocycles. The number of nitrogens with zero attached hydrogens (tertiary/aromatic N) is 2. The first-order chi connectivity index (χ1) is 12.5. The Balaban J connectivity index is 2.24. The number of para-hydroxylation sites is 1. The minimum atomic E-state index is -0.0220. The maximum Gasteiger partial charge on any atom is 0.266 e. The van der Waals surface area contributed by atoms with E-state index >= 15 is 0 Å². The molecule has 5 nitrogen and oxygen atoms in total. The van der Waals surface area contributed by atoms with Crippen molar-refractivity contribution in [1.29, 1.82) is 0 Å². The number of nitrogens with two attached hydrogens (primary N) is 1. The summed E-state index contributed by atoms with van der Waals surface area (Å²) in [6, 6.07) is 13.7. The van der Waals surface area contributed by atoms with E-state index in [0.717, 1.165) is 34.7 Å². The van der Waals surface area contributed by atoms with Gasteiger partial charge in [-0.25, -0.2) is 4.98 Å². The lowest BCUT2D eigenvalue weighted by Gasteiger charge is -2.19. The third-order valence-electron chi connectivity index (χ3n) is 4.66. The average Bonchev–Trinajstić information content (AvgIpc) is 2.64. The maximum absolute atomic E-state index is 13.3. The van der Waals surface area contributed by atoms with E-state index < -0.39 is 0 Å². The van der Waals surface area contributed by atoms with Gasteiger partial charge >= 0.3 is 0 Å². The quantitative estimate of drug-likeness (QED) is 0.693. The highest BCUT2D eigenvalue weighted by Gasteiger charge is 2.20. The molecule has 26 heavy (non-hydrogen) atoms. The van der Waals surface area contributed by atoms with Crippen LogP contribution in [0.1, 0.15) is 29.9 Å². The molecule has 1 aromatic heterocycles. The molecule has 0 aliphatic carbocycles. The molecule has 3 rings (SSSR count). The van der Waals surface area contributed by atoms with Crippen LogP contribution in [-0.2, 0) is 4.74 Å². The smallest absolute Gasteiger partial charge is 0.266 e. The molecule has 0 aliphatic heterocycles. The van der Waals surface area contributed by atoms with Gasteiger partial charge in [0.1, 0.15) is 6.04 Å². The summed E-state index contributed by atoms with van der Waals surface area (Å²) in [4.78, 5) is 18.2. The Kier molecular flexibility index (Phi) is 5.49. The average molecular weight is 352 g/mol. The van der Waals surface area contributed by atoms with Crippen LogP contribution in [0.3, 0.4) is 0 Å². The van der Waals surface area contributed by atoms with Crippen molar-refractivity contribution in [2.75, 3.05) is 20.3 Å². The molecule has 0 saturated carbocycles. The first-order valence-electron chi connectivity index (χ1n) is 8.94. The number of hydrogen-bond donors (Lipinski definition) is 1. The van der Waals surface area contributed by atoms with Gasteiger partial charge in [0.25, 0.3) is 5.56 Å². The molecule has 1 atom stereocenters. The summed E-state index contributed by atoms with van der Waals surface area (Å²) in [5.74, 6) is 0.763. The van der Waals surface area contributed by atoms with Gasteiger partial charge < -0.3 is 10.1 Å². The predicted molar refractivity (Wildman–Crippen MR) is 104 cm³/mol. The summed E-state index contributed by atoms with van der Waals surface area (Å²) in [6.07, 6.45) is 0. The van der Waals surface area contributed by atoms with Gasteiger partial charge in [-0.05, 0) is 50.1 Å². The first kappa shape index (κ1) is 18.3. The van der Waals surface area contributed by atoms with Crippen molar-refractivity contribution in [3.8, 4) is 5.69 Å². The lowest BCUT2D eigenvalue weighted by Crippen LogP contribution is -2.86. The van der Waals surface area contributed by atoms with Crippen LogP contribution in [0, 0.1) is 13.8 Å².